The fraction of sp³-hybridized carbons (Fsp3) is 0.524. The minimum atomic E-state index is 0. The Labute approximate surface area is 190 Å². The molecule has 0 unspecified atom stereocenters. The third kappa shape index (κ3) is 7.50. The van der Waals surface area contributed by atoms with Gasteiger partial charge in [-0.3, -0.25) is 9.89 Å². The Morgan fingerprint density at radius 2 is 2.07 bits per heavy atom. The molecular formula is C21H32IN5O2. The third-order valence-corrected chi connectivity index (χ3v) is 4.83. The number of aromatic nitrogens is 1. The minimum Gasteiger partial charge on any atom is -0.494 e. The van der Waals surface area contributed by atoms with E-state index in [0.717, 1.165) is 76.1 Å². The van der Waals surface area contributed by atoms with Crippen LogP contribution in [0.4, 0.5) is 0 Å². The summed E-state index contributed by atoms with van der Waals surface area (Å²) in [7, 11) is 1.85. The van der Waals surface area contributed by atoms with Gasteiger partial charge in [0.25, 0.3) is 0 Å². The van der Waals surface area contributed by atoms with Gasteiger partial charge in [0.15, 0.2) is 5.96 Å². The first-order valence-electron chi connectivity index (χ1n) is 10.1. The first-order chi connectivity index (χ1) is 13.8. The van der Waals surface area contributed by atoms with Gasteiger partial charge < -0.3 is 19.5 Å². The van der Waals surface area contributed by atoms with Gasteiger partial charge in [-0.2, -0.15) is 0 Å². The minimum absolute atomic E-state index is 0. The van der Waals surface area contributed by atoms with Crippen LogP contribution in [0, 0.1) is 0 Å². The number of piperazine rings is 1. The molecule has 0 aliphatic carbocycles. The molecule has 0 spiro atoms. The molecule has 0 bridgehead atoms. The van der Waals surface area contributed by atoms with Crippen molar-refractivity contribution in [2.75, 3.05) is 46.4 Å². The maximum Gasteiger partial charge on any atom is 0.193 e. The van der Waals surface area contributed by atoms with Crippen LogP contribution in [-0.2, 0) is 13.0 Å². The van der Waals surface area contributed by atoms with Crippen LogP contribution in [0.15, 0.2) is 46.1 Å². The quantitative estimate of drug-likeness (QED) is 0.333. The largest absolute Gasteiger partial charge is 0.494 e. The van der Waals surface area contributed by atoms with Crippen molar-refractivity contribution in [3.05, 3.63) is 47.9 Å². The lowest BCUT2D eigenvalue weighted by Crippen LogP contribution is -2.52. The number of benzene rings is 1. The SMILES string of the molecule is CCCOc1cccc(CCNC(=NC)N2CCN(Cc3ccon3)CC2)c1.I. The van der Waals surface area contributed by atoms with Crippen LogP contribution in [0.1, 0.15) is 24.6 Å². The molecule has 0 atom stereocenters. The Morgan fingerprint density at radius 3 is 2.76 bits per heavy atom. The summed E-state index contributed by atoms with van der Waals surface area (Å²) in [5.41, 5.74) is 2.26. The van der Waals surface area contributed by atoms with Crippen molar-refractivity contribution < 1.29 is 9.26 Å². The zero-order valence-corrected chi connectivity index (χ0v) is 19.7. The fourth-order valence-corrected chi connectivity index (χ4v) is 3.33. The van der Waals surface area contributed by atoms with Crippen LogP contribution in [0.5, 0.6) is 5.75 Å². The van der Waals surface area contributed by atoms with E-state index >= 15 is 0 Å². The number of ether oxygens (including phenoxy) is 1. The lowest BCUT2D eigenvalue weighted by Gasteiger charge is -2.36. The first-order valence-corrected chi connectivity index (χ1v) is 10.1. The number of hydrogen-bond acceptors (Lipinski definition) is 5. The van der Waals surface area contributed by atoms with Gasteiger partial charge >= 0.3 is 0 Å². The monoisotopic (exact) mass is 513 g/mol. The highest BCUT2D eigenvalue weighted by Crippen LogP contribution is 2.14. The molecule has 1 N–H and O–H groups in total. The normalized spacial score (nSPS) is 15.1. The van der Waals surface area contributed by atoms with Crippen molar-refractivity contribution in [3.63, 3.8) is 0 Å². The van der Waals surface area contributed by atoms with E-state index in [1.54, 1.807) is 6.26 Å². The average Bonchev–Trinajstić information content (AvgIpc) is 3.24. The molecule has 7 nitrogen and oxygen atoms in total. The highest BCUT2D eigenvalue weighted by molar-refractivity contribution is 14.0. The lowest BCUT2D eigenvalue weighted by molar-refractivity contribution is 0.169. The molecule has 1 aliphatic rings. The summed E-state index contributed by atoms with van der Waals surface area (Å²) in [4.78, 5) is 9.17. The van der Waals surface area contributed by atoms with Crippen molar-refractivity contribution in [2.24, 2.45) is 4.99 Å². The smallest absolute Gasteiger partial charge is 0.193 e. The highest BCUT2D eigenvalue weighted by Gasteiger charge is 2.20. The van der Waals surface area contributed by atoms with Gasteiger partial charge in [-0.15, -0.1) is 24.0 Å². The molecular weight excluding hydrogens is 481 g/mol. The van der Waals surface area contributed by atoms with Crippen LogP contribution in [0.2, 0.25) is 0 Å². The summed E-state index contributed by atoms with van der Waals surface area (Å²) in [6.45, 7) is 8.46. The molecule has 0 amide bonds. The first kappa shape index (κ1) is 23.5. The molecule has 2 heterocycles. The summed E-state index contributed by atoms with van der Waals surface area (Å²) < 4.78 is 10.6. The van der Waals surface area contributed by atoms with Gasteiger partial charge in [0.2, 0.25) is 0 Å². The van der Waals surface area contributed by atoms with Gasteiger partial charge in [0, 0.05) is 52.4 Å². The Morgan fingerprint density at radius 1 is 1.24 bits per heavy atom. The van der Waals surface area contributed by atoms with Crippen LogP contribution in [0.3, 0.4) is 0 Å². The average molecular weight is 513 g/mol. The summed E-state index contributed by atoms with van der Waals surface area (Å²) >= 11 is 0. The molecule has 1 aromatic carbocycles. The second-order valence-electron chi connectivity index (χ2n) is 6.97. The molecule has 1 fully saturated rings. The predicted molar refractivity (Wildman–Crippen MR) is 126 cm³/mol. The molecule has 3 rings (SSSR count). The predicted octanol–water partition coefficient (Wildman–Crippen LogP) is 3.02. The standard InChI is InChI=1S/C21H31N5O2.HI/c1-3-14-27-20-6-4-5-18(16-20)7-9-23-21(22-2)26-12-10-25(11-13-26)17-19-8-15-28-24-19;/h4-6,8,15-16H,3,7,9-14,17H2,1-2H3,(H,22,23);1H. The van der Waals surface area contributed by atoms with E-state index in [2.05, 4.69) is 50.4 Å². The molecule has 0 radical (unpaired) electrons. The zero-order valence-electron chi connectivity index (χ0n) is 17.3. The topological polar surface area (TPSA) is 66.1 Å². The van der Waals surface area contributed by atoms with Crippen LogP contribution in [0.25, 0.3) is 0 Å². The zero-order chi connectivity index (χ0) is 19.6. The van der Waals surface area contributed by atoms with E-state index in [4.69, 9.17) is 9.26 Å². The maximum atomic E-state index is 5.72. The molecule has 1 aliphatic heterocycles. The lowest BCUT2D eigenvalue weighted by atomic mass is 10.1. The maximum absolute atomic E-state index is 5.72. The molecule has 0 saturated carbocycles. The van der Waals surface area contributed by atoms with Gasteiger partial charge in [-0.1, -0.05) is 24.2 Å². The fourth-order valence-electron chi connectivity index (χ4n) is 3.33. The molecule has 1 saturated heterocycles. The summed E-state index contributed by atoms with van der Waals surface area (Å²) in [5.74, 6) is 1.92. The van der Waals surface area contributed by atoms with E-state index < -0.39 is 0 Å². The van der Waals surface area contributed by atoms with Crippen molar-refractivity contribution in [1.82, 2.24) is 20.3 Å². The van der Waals surface area contributed by atoms with E-state index in [1.807, 2.05) is 19.2 Å². The Balaban J connectivity index is 0.00000300. The van der Waals surface area contributed by atoms with Crippen LogP contribution >= 0.6 is 24.0 Å². The molecule has 8 heteroatoms. The number of nitrogens with one attached hydrogen (secondary N) is 1. The Bertz CT molecular complexity index is 730. The van der Waals surface area contributed by atoms with Crippen LogP contribution in [-0.4, -0.2) is 67.3 Å². The molecule has 1 aromatic heterocycles. The summed E-state index contributed by atoms with van der Waals surface area (Å²) in [6, 6.07) is 10.3. The second-order valence-corrected chi connectivity index (χ2v) is 6.97. The van der Waals surface area contributed by atoms with Gasteiger partial charge in [0.05, 0.1) is 12.3 Å². The third-order valence-electron chi connectivity index (χ3n) is 4.83. The van der Waals surface area contributed by atoms with Crippen LogP contribution < -0.4 is 10.1 Å². The number of halogens is 1. The van der Waals surface area contributed by atoms with Crippen molar-refractivity contribution in [2.45, 2.75) is 26.3 Å². The Hall–Kier alpha value is -1.81. The van der Waals surface area contributed by atoms with Crippen molar-refractivity contribution in [3.8, 4) is 5.75 Å². The van der Waals surface area contributed by atoms with E-state index in [-0.39, 0.29) is 24.0 Å². The number of rotatable bonds is 8. The Kier molecular flexibility index (Phi) is 10.3. The van der Waals surface area contributed by atoms with E-state index in [0.29, 0.717) is 0 Å². The highest BCUT2D eigenvalue weighted by atomic mass is 127. The van der Waals surface area contributed by atoms with E-state index in [9.17, 15) is 0 Å². The van der Waals surface area contributed by atoms with Crippen molar-refractivity contribution in [1.29, 1.82) is 0 Å². The number of guanidine groups is 1. The molecule has 29 heavy (non-hydrogen) atoms. The summed E-state index contributed by atoms with van der Waals surface area (Å²) in [6.07, 6.45) is 3.59. The van der Waals surface area contributed by atoms with E-state index in [1.165, 1.54) is 5.56 Å². The van der Waals surface area contributed by atoms with Gasteiger partial charge in [-0.25, -0.2) is 0 Å². The molecule has 2 aromatic rings. The number of hydrogen-bond donors (Lipinski definition) is 1. The van der Waals surface area contributed by atoms with Gasteiger partial charge in [-0.05, 0) is 30.5 Å². The number of nitrogens with zero attached hydrogens (tertiary/aromatic N) is 4. The van der Waals surface area contributed by atoms with Gasteiger partial charge in [0.1, 0.15) is 12.0 Å². The second kappa shape index (κ2) is 12.7. The summed E-state index contributed by atoms with van der Waals surface area (Å²) in [5, 5.41) is 7.50. The number of aliphatic imine (C=N–C) groups is 1. The molecule has 160 valence electrons. The van der Waals surface area contributed by atoms with Crippen molar-refractivity contribution >= 4 is 29.9 Å².